The monoisotopic (exact) mass is 243 g/mol. The van der Waals surface area contributed by atoms with Crippen LogP contribution in [0, 0.1) is 11.6 Å². The zero-order valence-corrected chi connectivity index (χ0v) is 8.07. The van der Waals surface area contributed by atoms with Crippen molar-refractivity contribution in [3.63, 3.8) is 0 Å². The van der Waals surface area contributed by atoms with Crippen LogP contribution in [-0.2, 0) is 10.3 Å². The highest BCUT2D eigenvalue weighted by atomic mass is 35.5. The highest BCUT2D eigenvalue weighted by Crippen LogP contribution is 2.30. The molecule has 1 rings (SSSR count). The Hall–Kier alpha value is -0.920. The second-order valence-electron chi connectivity index (χ2n) is 2.25. The fourth-order valence-electron chi connectivity index (χ4n) is 0.701. The van der Waals surface area contributed by atoms with E-state index in [4.69, 9.17) is 11.6 Å². The van der Waals surface area contributed by atoms with Gasteiger partial charge >= 0.3 is 10.3 Å². The average molecular weight is 244 g/mol. The maximum absolute atomic E-state index is 12.9. The summed E-state index contributed by atoms with van der Waals surface area (Å²) in [7, 11) is -4.43. The predicted octanol–water partition coefficient (Wildman–Crippen LogP) is 1.20. The van der Waals surface area contributed by atoms with Crippen LogP contribution in [0.1, 0.15) is 0 Å². The molecule has 0 aliphatic heterocycles. The van der Waals surface area contributed by atoms with Crippen molar-refractivity contribution in [3.05, 3.63) is 28.8 Å². The zero-order chi connectivity index (χ0) is 10.9. The quantitative estimate of drug-likeness (QED) is 0.794. The molecule has 0 saturated heterocycles. The van der Waals surface area contributed by atoms with Gasteiger partial charge in [0, 0.05) is 0 Å². The first kappa shape index (κ1) is 11.2. The fourth-order valence-corrected chi connectivity index (χ4v) is 1.33. The molecular formula is C6H4ClF2NO3S. The Labute approximate surface area is 83.5 Å². The molecule has 8 heteroatoms. The van der Waals surface area contributed by atoms with Gasteiger partial charge in [-0.3, -0.25) is 0 Å². The standard InChI is InChI=1S/C6H4ClF2NO3S/c7-5-3(8)1-2-4(9)6(5)13-14(10,11)12/h1-2H,(H2,10,11,12). The van der Waals surface area contributed by atoms with Crippen LogP contribution in [0.15, 0.2) is 12.1 Å². The van der Waals surface area contributed by atoms with E-state index in [1.54, 1.807) is 0 Å². The van der Waals surface area contributed by atoms with Crippen LogP contribution < -0.4 is 9.32 Å². The molecular weight excluding hydrogens is 240 g/mol. The first-order valence-electron chi connectivity index (χ1n) is 3.17. The highest BCUT2D eigenvalue weighted by molar-refractivity contribution is 7.84. The van der Waals surface area contributed by atoms with E-state index in [0.717, 1.165) is 6.07 Å². The highest BCUT2D eigenvalue weighted by Gasteiger charge is 2.17. The zero-order valence-electron chi connectivity index (χ0n) is 6.50. The molecule has 0 amide bonds. The molecule has 1 aromatic carbocycles. The fraction of sp³-hybridized carbons (Fsp3) is 0. The Morgan fingerprint density at radius 2 is 1.79 bits per heavy atom. The average Bonchev–Trinajstić information content (AvgIpc) is 2.04. The molecule has 0 spiro atoms. The van der Waals surface area contributed by atoms with Gasteiger partial charge in [-0.25, -0.2) is 8.78 Å². The molecule has 2 N–H and O–H groups in total. The van der Waals surface area contributed by atoms with Gasteiger partial charge in [0.15, 0.2) is 5.82 Å². The SMILES string of the molecule is NS(=O)(=O)Oc1c(F)ccc(F)c1Cl. The van der Waals surface area contributed by atoms with Crippen molar-refractivity contribution < 1.29 is 21.4 Å². The van der Waals surface area contributed by atoms with Crippen LogP contribution in [0.2, 0.25) is 5.02 Å². The summed E-state index contributed by atoms with van der Waals surface area (Å²) in [6.07, 6.45) is 0. The molecule has 0 atom stereocenters. The van der Waals surface area contributed by atoms with Crippen molar-refractivity contribution in [2.75, 3.05) is 0 Å². The summed E-state index contributed by atoms with van der Waals surface area (Å²) < 4.78 is 50.4. The third-order valence-electron chi connectivity index (χ3n) is 1.20. The maximum atomic E-state index is 12.9. The van der Waals surface area contributed by atoms with Crippen LogP contribution >= 0.6 is 11.6 Å². The van der Waals surface area contributed by atoms with Crippen LogP contribution in [0.25, 0.3) is 0 Å². The summed E-state index contributed by atoms with van der Waals surface area (Å²) >= 11 is 5.24. The minimum atomic E-state index is -4.43. The molecule has 0 saturated carbocycles. The predicted molar refractivity (Wildman–Crippen MR) is 45.1 cm³/mol. The Bertz CT molecular complexity index is 462. The number of halogens is 3. The number of nitrogens with two attached hydrogens (primary N) is 1. The van der Waals surface area contributed by atoms with E-state index in [1.165, 1.54) is 0 Å². The smallest absolute Gasteiger partial charge is 0.366 e. The Balaban J connectivity index is 3.27. The third-order valence-corrected chi connectivity index (χ3v) is 1.95. The van der Waals surface area contributed by atoms with Gasteiger partial charge in [-0.15, -0.1) is 0 Å². The van der Waals surface area contributed by atoms with E-state index < -0.39 is 32.7 Å². The van der Waals surface area contributed by atoms with Gasteiger partial charge in [0.1, 0.15) is 10.8 Å². The molecule has 1 aromatic rings. The van der Waals surface area contributed by atoms with Crippen molar-refractivity contribution in [2.45, 2.75) is 0 Å². The largest absolute Gasteiger partial charge is 0.380 e. The first-order chi connectivity index (χ1) is 6.31. The van der Waals surface area contributed by atoms with Crippen LogP contribution in [-0.4, -0.2) is 8.42 Å². The lowest BCUT2D eigenvalue weighted by Gasteiger charge is -2.05. The molecule has 0 heterocycles. The Kier molecular flexibility index (Phi) is 2.93. The molecule has 0 radical (unpaired) electrons. The number of hydrogen-bond acceptors (Lipinski definition) is 3. The van der Waals surface area contributed by atoms with E-state index in [9.17, 15) is 17.2 Å². The van der Waals surface area contributed by atoms with Crippen molar-refractivity contribution >= 4 is 21.9 Å². The van der Waals surface area contributed by atoms with E-state index in [-0.39, 0.29) is 0 Å². The van der Waals surface area contributed by atoms with Gasteiger partial charge in [-0.2, -0.15) is 13.6 Å². The molecule has 4 nitrogen and oxygen atoms in total. The molecule has 0 aliphatic carbocycles. The molecule has 0 bridgehead atoms. The van der Waals surface area contributed by atoms with Crippen molar-refractivity contribution in [1.82, 2.24) is 0 Å². The maximum Gasteiger partial charge on any atom is 0.380 e. The topological polar surface area (TPSA) is 69.4 Å². The Morgan fingerprint density at radius 1 is 1.29 bits per heavy atom. The summed E-state index contributed by atoms with van der Waals surface area (Å²) in [5.41, 5.74) is 0. The van der Waals surface area contributed by atoms with Crippen molar-refractivity contribution in [3.8, 4) is 5.75 Å². The van der Waals surface area contributed by atoms with Crippen molar-refractivity contribution in [2.24, 2.45) is 5.14 Å². The molecule has 0 fully saturated rings. The van der Waals surface area contributed by atoms with Crippen LogP contribution in [0.3, 0.4) is 0 Å². The summed E-state index contributed by atoms with van der Waals surface area (Å²) in [6.45, 7) is 0. The Morgan fingerprint density at radius 3 is 2.29 bits per heavy atom. The lowest BCUT2D eigenvalue weighted by molar-refractivity contribution is 0.458. The van der Waals surface area contributed by atoms with Crippen LogP contribution in [0.5, 0.6) is 5.75 Å². The van der Waals surface area contributed by atoms with E-state index in [1.807, 2.05) is 0 Å². The number of benzene rings is 1. The van der Waals surface area contributed by atoms with Gasteiger partial charge in [-0.05, 0) is 12.1 Å². The van der Waals surface area contributed by atoms with Gasteiger partial charge < -0.3 is 4.18 Å². The number of rotatable bonds is 2. The second-order valence-corrected chi connectivity index (χ2v) is 3.78. The lowest BCUT2D eigenvalue weighted by Crippen LogP contribution is -2.20. The lowest BCUT2D eigenvalue weighted by atomic mass is 10.3. The molecule has 14 heavy (non-hydrogen) atoms. The molecule has 0 unspecified atom stereocenters. The summed E-state index contributed by atoms with van der Waals surface area (Å²) in [4.78, 5) is 0. The second kappa shape index (κ2) is 3.68. The van der Waals surface area contributed by atoms with Gasteiger partial charge in [0.2, 0.25) is 5.75 Å². The van der Waals surface area contributed by atoms with E-state index >= 15 is 0 Å². The number of hydrogen-bond donors (Lipinski definition) is 1. The summed E-state index contributed by atoms with van der Waals surface area (Å²) in [6, 6.07) is 1.40. The minimum absolute atomic E-state index is 0.668. The summed E-state index contributed by atoms with van der Waals surface area (Å²) in [5, 5.41) is 3.68. The van der Waals surface area contributed by atoms with E-state index in [0.29, 0.717) is 6.07 Å². The van der Waals surface area contributed by atoms with Crippen molar-refractivity contribution in [1.29, 1.82) is 0 Å². The first-order valence-corrected chi connectivity index (χ1v) is 5.02. The summed E-state index contributed by atoms with van der Waals surface area (Å²) in [5.74, 6) is -3.08. The third kappa shape index (κ3) is 2.53. The van der Waals surface area contributed by atoms with E-state index in [2.05, 4.69) is 9.32 Å². The van der Waals surface area contributed by atoms with Gasteiger partial charge in [0.05, 0.1) is 0 Å². The normalized spacial score (nSPS) is 11.4. The molecule has 0 aliphatic rings. The van der Waals surface area contributed by atoms with Crippen LogP contribution in [0.4, 0.5) is 8.78 Å². The minimum Gasteiger partial charge on any atom is -0.366 e. The molecule has 78 valence electrons. The molecule has 0 aromatic heterocycles. The van der Waals surface area contributed by atoms with Gasteiger partial charge in [0.25, 0.3) is 0 Å². The van der Waals surface area contributed by atoms with Gasteiger partial charge in [-0.1, -0.05) is 11.6 Å².